The van der Waals surface area contributed by atoms with Crippen LogP contribution in [0.5, 0.6) is 0 Å². The lowest BCUT2D eigenvalue weighted by Crippen LogP contribution is -2.01. The minimum Gasteiger partial charge on any atom is -0.292 e. The van der Waals surface area contributed by atoms with Crippen LogP contribution in [0.1, 0.15) is 32.9 Å². The van der Waals surface area contributed by atoms with E-state index in [1.54, 1.807) is 11.3 Å². The van der Waals surface area contributed by atoms with Gasteiger partial charge in [0.1, 0.15) is 0 Å². The molecule has 2 aromatic heterocycles. The maximum Gasteiger partial charge on any atom is 0.188 e. The van der Waals surface area contributed by atoms with Gasteiger partial charge in [-0.3, -0.25) is 4.79 Å². The van der Waals surface area contributed by atoms with Gasteiger partial charge in [0, 0.05) is 16.3 Å². The van der Waals surface area contributed by atoms with Crippen molar-refractivity contribution < 1.29 is 4.79 Å². The number of aromatic nitrogens is 2. The van der Waals surface area contributed by atoms with Crippen LogP contribution in [0, 0.1) is 13.8 Å². The second-order valence-electron chi connectivity index (χ2n) is 4.26. The van der Waals surface area contributed by atoms with Gasteiger partial charge in [-0.2, -0.15) is 0 Å². The molecule has 0 aliphatic rings. The highest BCUT2D eigenvalue weighted by Crippen LogP contribution is 2.21. The Kier molecular flexibility index (Phi) is 4.71. The number of carbonyl (C=O) groups is 1. The second-order valence-corrected chi connectivity index (χ2v) is 6.38. The van der Waals surface area contributed by atoms with Crippen LogP contribution in [0.25, 0.3) is 0 Å². The highest BCUT2D eigenvalue weighted by molar-refractivity contribution is 7.99. The number of Topliss-reactive ketones (excluding diaryl/α,β-unsaturated/α-hetero) is 1. The number of nitrogens with zero attached hydrogens (tertiary/aromatic N) is 2. The molecule has 3 nitrogen and oxygen atoms in total. The zero-order valence-corrected chi connectivity index (χ0v) is 12.9. The van der Waals surface area contributed by atoms with Crippen LogP contribution >= 0.6 is 23.1 Å². The molecule has 0 spiro atoms. The summed E-state index contributed by atoms with van der Waals surface area (Å²) in [5, 5.41) is 0.679. The van der Waals surface area contributed by atoms with Crippen LogP contribution < -0.4 is 0 Å². The van der Waals surface area contributed by atoms with Gasteiger partial charge >= 0.3 is 0 Å². The van der Waals surface area contributed by atoms with Crippen molar-refractivity contribution in [2.75, 3.05) is 5.75 Å². The van der Waals surface area contributed by atoms with E-state index in [1.807, 2.05) is 32.0 Å². The smallest absolute Gasteiger partial charge is 0.188 e. The number of rotatable bonds is 5. The van der Waals surface area contributed by atoms with E-state index in [9.17, 15) is 4.79 Å². The largest absolute Gasteiger partial charge is 0.292 e. The molecular weight excluding hydrogens is 276 g/mol. The SMILES string of the molecule is CCc1ccc(C(=O)CSc2nc(C)cc(C)n2)s1. The van der Waals surface area contributed by atoms with E-state index in [0.717, 1.165) is 22.7 Å². The van der Waals surface area contributed by atoms with E-state index in [0.29, 0.717) is 10.9 Å². The quantitative estimate of drug-likeness (QED) is 0.479. The number of thioether (sulfide) groups is 1. The van der Waals surface area contributed by atoms with Gasteiger partial charge in [0.15, 0.2) is 10.9 Å². The number of hydrogen-bond donors (Lipinski definition) is 0. The van der Waals surface area contributed by atoms with Crippen LogP contribution in [0.4, 0.5) is 0 Å². The fraction of sp³-hybridized carbons (Fsp3) is 0.357. The third-order valence-corrected chi connectivity index (χ3v) is 4.70. The Morgan fingerprint density at radius 2 is 1.95 bits per heavy atom. The molecule has 0 saturated carbocycles. The van der Waals surface area contributed by atoms with E-state index in [4.69, 9.17) is 0 Å². The van der Waals surface area contributed by atoms with Crippen LogP contribution in [0.15, 0.2) is 23.4 Å². The fourth-order valence-electron chi connectivity index (χ4n) is 1.68. The lowest BCUT2D eigenvalue weighted by atomic mass is 10.3. The monoisotopic (exact) mass is 292 g/mol. The summed E-state index contributed by atoms with van der Waals surface area (Å²) in [5.74, 6) is 0.546. The molecule has 0 unspecified atom stereocenters. The highest BCUT2D eigenvalue weighted by atomic mass is 32.2. The molecule has 0 amide bonds. The Bertz CT molecular complexity index is 573. The standard InChI is InChI=1S/C14H16N2OS2/c1-4-11-5-6-13(19-11)12(17)8-18-14-15-9(2)7-10(3)16-14/h5-7H,4,8H2,1-3H3. The summed E-state index contributed by atoms with van der Waals surface area (Å²) < 4.78 is 0. The molecule has 0 atom stereocenters. The second kappa shape index (κ2) is 6.30. The van der Waals surface area contributed by atoms with Crippen LogP contribution in [-0.4, -0.2) is 21.5 Å². The van der Waals surface area contributed by atoms with Gasteiger partial charge in [0.2, 0.25) is 0 Å². The van der Waals surface area contributed by atoms with E-state index < -0.39 is 0 Å². The number of aryl methyl sites for hydroxylation is 3. The molecule has 0 saturated heterocycles. The van der Waals surface area contributed by atoms with E-state index in [1.165, 1.54) is 16.6 Å². The Labute approximate surface area is 121 Å². The van der Waals surface area contributed by atoms with Gasteiger partial charge in [-0.15, -0.1) is 11.3 Å². The molecule has 0 fully saturated rings. The van der Waals surface area contributed by atoms with Crippen molar-refractivity contribution in [3.63, 3.8) is 0 Å². The molecule has 0 aliphatic heterocycles. The van der Waals surface area contributed by atoms with Crippen LogP contribution in [0.3, 0.4) is 0 Å². The van der Waals surface area contributed by atoms with Gasteiger partial charge in [0.05, 0.1) is 10.6 Å². The summed E-state index contributed by atoms with van der Waals surface area (Å²) in [5.41, 5.74) is 1.87. The first-order valence-electron chi connectivity index (χ1n) is 6.15. The average molecular weight is 292 g/mol. The third-order valence-electron chi connectivity index (χ3n) is 2.58. The Morgan fingerprint density at radius 1 is 1.26 bits per heavy atom. The van der Waals surface area contributed by atoms with Crippen molar-refractivity contribution in [3.8, 4) is 0 Å². The maximum absolute atomic E-state index is 12.1. The van der Waals surface area contributed by atoms with Crippen molar-refractivity contribution in [1.29, 1.82) is 0 Å². The van der Waals surface area contributed by atoms with Crippen molar-refractivity contribution in [2.24, 2.45) is 0 Å². The number of ketones is 1. The predicted molar refractivity (Wildman–Crippen MR) is 80.3 cm³/mol. The zero-order chi connectivity index (χ0) is 13.8. The van der Waals surface area contributed by atoms with Gasteiger partial charge < -0.3 is 0 Å². The first kappa shape index (κ1) is 14.2. The molecule has 2 aromatic rings. The molecule has 5 heteroatoms. The van der Waals surface area contributed by atoms with Crippen molar-refractivity contribution in [1.82, 2.24) is 9.97 Å². The topological polar surface area (TPSA) is 42.9 Å². The molecule has 0 aromatic carbocycles. The lowest BCUT2D eigenvalue weighted by molar-refractivity contribution is 0.102. The summed E-state index contributed by atoms with van der Waals surface area (Å²) >= 11 is 2.98. The van der Waals surface area contributed by atoms with E-state index >= 15 is 0 Å². The molecule has 2 heterocycles. The van der Waals surface area contributed by atoms with Gasteiger partial charge in [-0.1, -0.05) is 18.7 Å². The molecule has 0 aliphatic carbocycles. The summed E-state index contributed by atoms with van der Waals surface area (Å²) in [6.07, 6.45) is 0.977. The third kappa shape index (κ3) is 3.88. The number of thiophene rings is 1. The van der Waals surface area contributed by atoms with E-state index in [2.05, 4.69) is 16.9 Å². The van der Waals surface area contributed by atoms with Crippen molar-refractivity contribution >= 4 is 28.9 Å². The molecule has 0 radical (unpaired) electrons. The van der Waals surface area contributed by atoms with Crippen molar-refractivity contribution in [3.05, 3.63) is 39.3 Å². The van der Waals surface area contributed by atoms with E-state index in [-0.39, 0.29) is 5.78 Å². The maximum atomic E-state index is 12.1. The first-order chi connectivity index (χ1) is 9.08. The number of carbonyl (C=O) groups excluding carboxylic acids is 1. The Hall–Kier alpha value is -1.20. The molecule has 0 bridgehead atoms. The number of hydrogen-bond acceptors (Lipinski definition) is 5. The van der Waals surface area contributed by atoms with Gasteiger partial charge in [0.25, 0.3) is 0 Å². The minimum absolute atomic E-state index is 0.150. The molecule has 100 valence electrons. The molecular formula is C14H16N2OS2. The summed E-state index contributed by atoms with van der Waals surface area (Å²) in [7, 11) is 0. The first-order valence-corrected chi connectivity index (χ1v) is 7.95. The molecule has 0 N–H and O–H groups in total. The molecule has 2 rings (SSSR count). The summed E-state index contributed by atoms with van der Waals surface area (Å²) in [6.45, 7) is 5.97. The fourth-order valence-corrected chi connectivity index (χ4v) is 3.49. The Balaban J connectivity index is 2.00. The highest BCUT2D eigenvalue weighted by Gasteiger charge is 2.11. The lowest BCUT2D eigenvalue weighted by Gasteiger charge is -2.01. The summed E-state index contributed by atoms with van der Waals surface area (Å²) in [6, 6.07) is 5.86. The summed E-state index contributed by atoms with van der Waals surface area (Å²) in [4.78, 5) is 22.8. The van der Waals surface area contributed by atoms with Crippen LogP contribution in [0.2, 0.25) is 0 Å². The Morgan fingerprint density at radius 3 is 2.53 bits per heavy atom. The minimum atomic E-state index is 0.150. The molecule has 19 heavy (non-hydrogen) atoms. The van der Waals surface area contributed by atoms with Crippen LogP contribution in [-0.2, 0) is 6.42 Å². The average Bonchev–Trinajstić information content (AvgIpc) is 2.83. The van der Waals surface area contributed by atoms with Gasteiger partial charge in [-0.05, 0) is 38.5 Å². The zero-order valence-electron chi connectivity index (χ0n) is 11.3. The van der Waals surface area contributed by atoms with Gasteiger partial charge in [-0.25, -0.2) is 9.97 Å². The van der Waals surface area contributed by atoms with Crippen molar-refractivity contribution in [2.45, 2.75) is 32.3 Å². The normalized spacial score (nSPS) is 10.7. The predicted octanol–water partition coefficient (Wildman–Crippen LogP) is 3.69.